The molecule has 1 atom stereocenters. The number of primary amides is 1. The molecule has 0 saturated heterocycles. The molecule has 3 N–H and O–H groups in total. The monoisotopic (exact) mass is 498 g/mol. The van der Waals surface area contributed by atoms with Crippen LogP contribution in [0.15, 0.2) is 48.5 Å². The van der Waals surface area contributed by atoms with Crippen molar-refractivity contribution in [2.45, 2.75) is 43.2 Å². The number of H-pyrrole nitrogens is 1. The van der Waals surface area contributed by atoms with Crippen molar-refractivity contribution < 1.29 is 27.5 Å². The molecule has 0 bridgehead atoms. The Labute approximate surface area is 205 Å². The zero-order chi connectivity index (χ0) is 25.7. The van der Waals surface area contributed by atoms with E-state index >= 15 is 0 Å². The second-order valence-electron chi connectivity index (χ2n) is 9.42. The Hall–Kier alpha value is -3.82. The van der Waals surface area contributed by atoms with Gasteiger partial charge < -0.3 is 15.4 Å². The molecule has 1 aliphatic heterocycles. The Kier molecular flexibility index (Phi) is 5.77. The van der Waals surface area contributed by atoms with E-state index in [2.05, 4.69) is 10.2 Å². The molecule has 7 nitrogen and oxygen atoms in total. The number of hydrogen-bond acceptors (Lipinski definition) is 4. The molecule has 188 valence electrons. The topological polar surface area (TPSA) is 101 Å². The largest absolute Gasteiger partial charge is 0.497 e. The van der Waals surface area contributed by atoms with Gasteiger partial charge in [0.1, 0.15) is 11.4 Å². The van der Waals surface area contributed by atoms with Gasteiger partial charge in [-0.05, 0) is 48.2 Å². The number of carbonyl (C=O) groups is 2. The van der Waals surface area contributed by atoms with E-state index in [0.717, 1.165) is 24.8 Å². The minimum Gasteiger partial charge on any atom is -0.497 e. The number of benzene rings is 2. The van der Waals surface area contributed by atoms with Gasteiger partial charge in [-0.25, -0.2) is 0 Å². The van der Waals surface area contributed by atoms with Crippen molar-refractivity contribution in [1.82, 2.24) is 10.2 Å². The molecule has 1 unspecified atom stereocenters. The van der Waals surface area contributed by atoms with Gasteiger partial charge >= 0.3 is 6.18 Å². The number of methoxy groups -OCH3 is 1. The molecule has 2 aliphatic rings. The third-order valence-corrected chi connectivity index (χ3v) is 7.38. The van der Waals surface area contributed by atoms with E-state index in [1.165, 1.54) is 12.0 Å². The van der Waals surface area contributed by atoms with Crippen LogP contribution in [0.2, 0.25) is 0 Å². The molecule has 3 aromatic rings. The number of nitrogens with one attached hydrogen (secondary N) is 1. The molecule has 1 aromatic heterocycles. The van der Waals surface area contributed by atoms with Crippen LogP contribution in [-0.4, -0.2) is 35.7 Å². The Bertz CT molecular complexity index is 1300. The number of hydrogen-bond donors (Lipinski definition) is 2. The van der Waals surface area contributed by atoms with Crippen LogP contribution >= 0.6 is 0 Å². The standard InChI is InChI=1S/C26H25F3N4O3/c1-36-18-9-3-15(4-10-18)19-14-33(24(35)22-21(19)23(32-31-22)26(27,28)29)17-7-5-16(6-8-17)25(11-2-12-25)13-20(30)34/h3-10,19H,2,11-14H2,1H3,(H2,30,34)(H,31,32). The predicted molar refractivity (Wildman–Crippen MR) is 126 cm³/mol. The molecule has 2 aromatic carbocycles. The first kappa shape index (κ1) is 23.9. The summed E-state index contributed by atoms with van der Waals surface area (Å²) in [4.78, 5) is 26.4. The highest BCUT2D eigenvalue weighted by Crippen LogP contribution is 2.47. The highest BCUT2D eigenvalue weighted by molar-refractivity contribution is 6.07. The minimum absolute atomic E-state index is 0.00650. The number of ether oxygens (including phenoxy) is 1. The second kappa shape index (κ2) is 8.69. The van der Waals surface area contributed by atoms with E-state index in [4.69, 9.17) is 10.5 Å². The number of aromatic nitrogens is 2. The first-order valence-electron chi connectivity index (χ1n) is 11.6. The third kappa shape index (κ3) is 4.00. The van der Waals surface area contributed by atoms with Gasteiger partial charge in [-0.2, -0.15) is 18.3 Å². The van der Waals surface area contributed by atoms with Crippen molar-refractivity contribution in [1.29, 1.82) is 0 Å². The van der Waals surface area contributed by atoms with Crippen molar-refractivity contribution in [3.63, 3.8) is 0 Å². The summed E-state index contributed by atoms with van der Waals surface area (Å²) in [6, 6.07) is 14.0. The van der Waals surface area contributed by atoms with Crippen LogP contribution in [-0.2, 0) is 16.4 Å². The summed E-state index contributed by atoms with van der Waals surface area (Å²) in [5.74, 6) is -1.16. The highest BCUT2D eigenvalue weighted by atomic mass is 19.4. The first-order valence-corrected chi connectivity index (χ1v) is 11.6. The predicted octanol–water partition coefficient (Wildman–Crippen LogP) is 4.53. The maximum Gasteiger partial charge on any atom is 0.433 e. The van der Waals surface area contributed by atoms with Crippen molar-refractivity contribution >= 4 is 17.5 Å². The summed E-state index contributed by atoms with van der Waals surface area (Å²) < 4.78 is 46.6. The van der Waals surface area contributed by atoms with Crippen LogP contribution in [0.4, 0.5) is 18.9 Å². The average Bonchev–Trinajstić information content (AvgIpc) is 3.29. The fourth-order valence-electron chi connectivity index (χ4n) is 5.38. The van der Waals surface area contributed by atoms with Crippen molar-refractivity contribution in [2.75, 3.05) is 18.6 Å². The van der Waals surface area contributed by atoms with Crippen LogP contribution in [0.25, 0.3) is 0 Å². The SMILES string of the molecule is COc1ccc(C2CN(c3ccc(C4(CC(N)=O)CCC4)cc3)C(=O)c3n[nH]c(C(F)(F)F)c32)cc1. The highest BCUT2D eigenvalue weighted by Gasteiger charge is 2.45. The lowest BCUT2D eigenvalue weighted by Gasteiger charge is -2.42. The van der Waals surface area contributed by atoms with Crippen molar-refractivity contribution in [3.8, 4) is 5.75 Å². The summed E-state index contributed by atoms with van der Waals surface area (Å²) in [7, 11) is 1.51. The van der Waals surface area contributed by atoms with E-state index in [0.29, 0.717) is 17.0 Å². The maximum absolute atomic E-state index is 13.8. The number of amides is 2. The molecule has 0 radical (unpaired) electrons. The van der Waals surface area contributed by atoms with Gasteiger partial charge in [-0.1, -0.05) is 30.7 Å². The van der Waals surface area contributed by atoms with E-state index in [9.17, 15) is 22.8 Å². The lowest BCUT2D eigenvalue weighted by Crippen LogP contribution is -2.41. The van der Waals surface area contributed by atoms with Gasteiger partial charge in [0.15, 0.2) is 5.69 Å². The number of fused-ring (bicyclic) bond motifs is 1. The summed E-state index contributed by atoms with van der Waals surface area (Å²) in [6.45, 7) is 0.00650. The van der Waals surface area contributed by atoms with Gasteiger partial charge in [0.25, 0.3) is 5.91 Å². The summed E-state index contributed by atoms with van der Waals surface area (Å²) in [6.07, 6.45) is -1.71. The Morgan fingerprint density at radius 3 is 2.36 bits per heavy atom. The third-order valence-electron chi connectivity index (χ3n) is 7.38. The number of nitrogens with zero attached hydrogens (tertiary/aromatic N) is 2. The number of alkyl halides is 3. The van der Waals surface area contributed by atoms with Crippen molar-refractivity contribution in [2.24, 2.45) is 5.73 Å². The number of rotatable bonds is 6. The number of halogens is 3. The van der Waals surface area contributed by atoms with Gasteiger partial charge in [-0.15, -0.1) is 0 Å². The van der Waals surface area contributed by atoms with E-state index in [1.807, 2.05) is 12.1 Å². The smallest absolute Gasteiger partial charge is 0.433 e. The lowest BCUT2D eigenvalue weighted by atomic mass is 9.62. The zero-order valence-electron chi connectivity index (χ0n) is 19.6. The van der Waals surface area contributed by atoms with E-state index in [-0.39, 0.29) is 35.5 Å². The fourth-order valence-corrected chi connectivity index (χ4v) is 5.38. The molecule has 1 saturated carbocycles. The minimum atomic E-state index is -4.69. The Balaban J connectivity index is 1.53. The van der Waals surface area contributed by atoms with E-state index in [1.54, 1.807) is 36.4 Å². The molecular weight excluding hydrogens is 473 g/mol. The normalized spacial score (nSPS) is 18.9. The molecule has 1 aliphatic carbocycles. The molecule has 0 spiro atoms. The zero-order valence-corrected chi connectivity index (χ0v) is 19.6. The summed E-state index contributed by atoms with van der Waals surface area (Å²) in [5.41, 5.74) is 5.87. The molecular formula is C26H25F3N4O3. The van der Waals surface area contributed by atoms with Gasteiger partial charge in [0.2, 0.25) is 5.91 Å². The van der Waals surface area contributed by atoms with Crippen LogP contribution in [0, 0.1) is 0 Å². The summed E-state index contributed by atoms with van der Waals surface area (Å²) in [5, 5.41) is 5.84. The summed E-state index contributed by atoms with van der Waals surface area (Å²) >= 11 is 0. The van der Waals surface area contributed by atoms with Gasteiger partial charge in [0.05, 0.1) is 7.11 Å². The molecule has 10 heteroatoms. The van der Waals surface area contributed by atoms with E-state index < -0.39 is 23.7 Å². The van der Waals surface area contributed by atoms with Crippen molar-refractivity contribution in [3.05, 3.63) is 76.6 Å². The molecule has 36 heavy (non-hydrogen) atoms. The second-order valence-corrected chi connectivity index (χ2v) is 9.42. The number of anilines is 1. The number of carbonyl (C=O) groups excluding carboxylic acids is 2. The maximum atomic E-state index is 13.8. The van der Waals surface area contributed by atoms with Crippen LogP contribution < -0.4 is 15.4 Å². The molecule has 2 amide bonds. The molecule has 1 fully saturated rings. The Morgan fingerprint density at radius 1 is 1.17 bits per heavy atom. The van der Waals surface area contributed by atoms with Crippen LogP contribution in [0.1, 0.15) is 64.5 Å². The molecule has 2 heterocycles. The van der Waals surface area contributed by atoms with Gasteiger partial charge in [0, 0.05) is 35.5 Å². The first-order chi connectivity index (χ1) is 17.1. The van der Waals surface area contributed by atoms with Gasteiger partial charge in [-0.3, -0.25) is 14.7 Å². The Morgan fingerprint density at radius 2 is 1.83 bits per heavy atom. The quantitative estimate of drug-likeness (QED) is 0.522. The molecule has 5 rings (SSSR count). The van der Waals surface area contributed by atoms with Crippen LogP contribution in [0.3, 0.4) is 0 Å². The van der Waals surface area contributed by atoms with Crippen LogP contribution in [0.5, 0.6) is 5.75 Å². The lowest BCUT2D eigenvalue weighted by molar-refractivity contribution is -0.141. The fraction of sp³-hybridized carbons (Fsp3) is 0.346. The number of nitrogens with two attached hydrogens (primary N) is 1. The average molecular weight is 499 g/mol. The number of aromatic amines is 1.